The number of ether oxygens (including phenoxy) is 2. The average molecular weight is 396 g/mol. The van der Waals surface area contributed by atoms with Gasteiger partial charge in [0.25, 0.3) is 0 Å². The monoisotopic (exact) mass is 396 g/mol. The molecule has 0 heterocycles. The molecule has 0 aromatic heterocycles. The summed E-state index contributed by atoms with van der Waals surface area (Å²) in [7, 11) is 1.23. The van der Waals surface area contributed by atoms with Gasteiger partial charge in [-0.15, -0.1) is 0 Å². The first kappa shape index (κ1) is 23.4. The molecular formula is C20H29FN2O5. The summed E-state index contributed by atoms with van der Waals surface area (Å²) in [6, 6.07) is 3.69. The average Bonchev–Trinajstić information content (AvgIpc) is 2.58. The molecule has 28 heavy (non-hydrogen) atoms. The standard InChI is InChI=1S/C20H29FN2O5/c1-12(2)16(18(25)27-6)23-17(24)15(22-19(26)28-20(3,4)5)11-13-7-9-14(21)10-8-13/h7-10,12,15-16H,11H2,1-6H3,(H,22,26)(H,23,24)/t15-,16-/m0/s1. The highest BCUT2D eigenvalue weighted by Gasteiger charge is 2.30. The Morgan fingerprint density at radius 3 is 2.11 bits per heavy atom. The molecule has 0 aliphatic heterocycles. The molecule has 0 bridgehead atoms. The number of carbonyl (C=O) groups excluding carboxylic acids is 3. The first-order chi connectivity index (χ1) is 12.9. The summed E-state index contributed by atoms with van der Waals surface area (Å²) in [6.07, 6.45) is -0.675. The number of amides is 2. The van der Waals surface area contributed by atoms with Gasteiger partial charge in [-0.05, 0) is 44.4 Å². The van der Waals surface area contributed by atoms with Crippen LogP contribution >= 0.6 is 0 Å². The third-order valence-electron chi connectivity index (χ3n) is 3.78. The number of esters is 1. The molecule has 0 spiro atoms. The summed E-state index contributed by atoms with van der Waals surface area (Å²) < 4.78 is 23.1. The molecule has 0 unspecified atom stereocenters. The molecule has 2 atom stereocenters. The molecule has 156 valence electrons. The van der Waals surface area contributed by atoms with Crippen molar-refractivity contribution in [1.82, 2.24) is 10.6 Å². The minimum atomic E-state index is -1.02. The van der Waals surface area contributed by atoms with Crippen molar-refractivity contribution in [1.29, 1.82) is 0 Å². The van der Waals surface area contributed by atoms with Crippen molar-refractivity contribution >= 4 is 18.0 Å². The Morgan fingerprint density at radius 1 is 1.07 bits per heavy atom. The highest BCUT2D eigenvalue weighted by atomic mass is 19.1. The first-order valence-electron chi connectivity index (χ1n) is 9.05. The second-order valence-electron chi connectivity index (χ2n) is 7.78. The molecule has 1 rings (SSSR count). The van der Waals surface area contributed by atoms with Gasteiger partial charge < -0.3 is 20.1 Å². The second-order valence-corrected chi connectivity index (χ2v) is 7.78. The molecule has 0 radical (unpaired) electrons. The fourth-order valence-electron chi connectivity index (χ4n) is 2.39. The van der Waals surface area contributed by atoms with E-state index in [4.69, 9.17) is 9.47 Å². The van der Waals surface area contributed by atoms with E-state index in [0.29, 0.717) is 5.56 Å². The van der Waals surface area contributed by atoms with Gasteiger partial charge in [-0.25, -0.2) is 14.0 Å². The van der Waals surface area contributed by atoms with Crippen LogP contribution in [0.4, 0.5) is 9.18 Å². The maximum absolute atomic E-state index is 13.1. The van der Waals surface area contributed by atoms with Gasteiger partial charge in [-0.3, -0.25) is 4.79 Å². The largest absolute Gasteiger partial charge is 0.467 e. The lowest BCUT2D eigenvalue weighted by Gasteiger charge is -2.26. The normalized spacial score (nSPS) is 13.4. The highest BCUT2D eigenvalue weighted by molar-refractivity contribution is 5.90. The van der Waals surface area contributed by atoms with Crippen LogP contribution in [0, 0.1) is 11.7 Å². The van der Waals surface area contributed by atoms with Gasteiger partial charge in [0, 0.05) is 6.42 Å². The minimum Gasteiger partial charge on any atom is -0.467 e. The molecule has 1 aromatic rings. The van der Waals surface area contributed by atoms with Gasteiger partial charge in [0.1, 0.15) is 23.5 Å². The van der Waals surface area contributed by atoms with Crippen LogP contribution in [0.25, 0.3) is 0 Å². The zero-order chi connectivity index (χ0) is 21.5. The topological polar surface area (TPSA) is 93.7 Å². The molecule has 2 N–H and O–H groups in total. The fraction of sp³-hybridized carbons (Fsp3) is 0.550. The quantitative estimate of drug-likeness (QED) is 0.691. The number of nitrogens with one attached hydrogen (secondary N) is 2. The van der Waals surface area contributed by atoms with Crippen LogP contribution in [0.15, 0.2) is 24.3 Å². The second kappa shape index (κ2) is 10.1. The van der Waals surface area contributed by atoms with E-state index in [1.807, 2.05) is 0 Å². The number of rotatable bonds is 7. The van der Waals surface area contributed by atoms with Crippen molar-refractivity contribution in [2.75, 3.05) is 7.11 Å². The Morgan fingerprint density at radius 2 is 1.64 bits per heavy atom. The van der Waals surface area contributed by atoms with E-state index in [1.54, 1.807) is 34.6 Å². The van der Waals surface area contributed by atoms with Crippen molar-refractivity contribution in [3.8, 4) is 0 Å². The van der Waals surface area contributed by atoms with Gasteiger partial charge in [0.2, 0.25) is 5.91 Å². The van der Waals surface area contributed by atoms with Crippen LogP contribution < -0.4 is 10.6 Å². The number of benzene rings is 1. The van der Waals surface area contributed by atoms with Crippen molar-refractivity contribution in [3.05, 3.63) is 35.6 Å². The van der Waals surface area contributed by atoms with Gasteiger partial charge in [0.15, 0.2) is 0 Å². The van der Waals surface area contributed by atoms with E-state index in [2.05, 4.69) is 10.6 Å². The summed E-state index contributed by atoms with van der Waals surface area (Å²) in [5.74, 6) is -1.78. The number of alkyl carbamates (subject to hydrolysis) is 1. The third-order valence-corrected chi connectivity index (χ3v) is 3.78. The minimum absolute atomic E-state index is 0.0946. The Labute approximate surface area is 165 Å². The van der Waals surface area contributed by atoms with Gasteiger partial charge in [0.05, 0.1) is 7.11 Å². The van der Waals surface area contributed by atoms with E-state index in [1.165, 1.54) is 31.4 Å². The van der Waals surface area contributed by atoms with Crippen LogP contribution in [-0.4, -0.2) is 42.8 Å². The smallest absolute Gasteiger partial charge is 0.408 e. The van der Waals surface area contributed by atoms with E-state index >= 15 is 0 Å². The summed E-state index contributed by atoms with van der Waals surface area (Å²) in [6.45, 7) is 8.63. The van der Waals surface area contributed by atoms with Crippen molar-refractivity contribution < 1.29 is 28.2 Å². The zero-order valence-corrected chi connectivity index (χ0v) is 17.2. The molecule has 8 heteroatoms. The SMILES string of the molecule is COC(=O)[C@@H](NC(=O)[C@H](Cc1ccc(F)cc1)NC(=O)OC(C)(C)C)C(C)C. The van der Waals surface area contributed by atoms with Crippen molar-refractivity contribution in [2.45, 2.75) is 58.7 Å². The van der Waals surface area contributed by atoms with Gasteiger partial charge >= 0.3 is 12.1 Å². The van der Waals surface area contributed by atoms with Crippen LogP contribution in [0.5, 0.6) is 0 Å². The van der Waals surface area contributed by atoms with Crippen LogP contribution in [0.1, 0.15) is 40.2 Å². The van der Waals surface area contributed by atoms with Gasteiger partial charge in [-0.1, -0.05) is 26.0 Å². The summed E-state index contributed by atoms with van der Waals surface area (Å²) in [5.41, 5.74) is -0.107. The maximum Gasteiger partial charge on any atom is 0.408 e. The Balaban J connectivity index is 3.00. The van der Waals surface area contributed by atoms with E-state index in [-0.39, 0.29) is 12.3 Å². The predicted molar refractivity (Wildman–Crippen MR) is 102 cm³/mol. The van der Waals surface area contributed by atoms with E-state index in [0.717, 1.165) is 0 Å². The van der Waals surface area contributed by atoms with Crippen LogP contribution in [0.3, 0.4) is 0 Å². The molecule has 1 aromatic carbocycles. The predicted octanol–water partition coefficient (Wildman–Crippen LogP) is 2.58. The van der Waals surface area contributed by atoms with E-state index in [9.17, 15) is 18.8 Å². The number of halogens is 1. The van der Waals surface area contributed by atoms with E-state index < -0.39 is 41.5 Å². The molecule has 0 aliphatic carbocycles. The lowest BCUT2D eigenvalue weighted by Crippen LogP contribution is -2.54. The summed E-state index contributed by atoms with van der Waals surface area (Å²) in [4.78, 5) is 36.9. The van der Waals surface area contributed by atoms with Crippen molar-refractivity contribution in [3.63, 3.8) is 0 Å². The fourth-order valence-corrected chi connectivity index (χ4v) is 2.39. The zero-order valence-electron chi connectivity index (χ0n) is 17.2. The third kappa shape index (κ3) is 7.94. The molecule has 7 nitrogen and oxygen atoms in total. The lowest BCUT2D eigenvalue weighted by atomic mass is 10.0. The lowest BCUT2D eigenvalue weighted by molar-refractivity contribution is -0.146. The maximum atomic E-state index is 13.1. The molecule has 0 fully saturated rings. The Bertz CT molecular complexity index is 683. The molecule has 2 amide bonds. The first-order valence-corrected chi connectivity index (χ1v) is 9.05. The number of hydrogen-bond donors (Lipinski definition) is 2. The molecule has 0 aliphatic rings. The molecule has 0 saturated carbocycles. The number of methoxy groups -OCH3 is 1. The van der Waals surface area contributed by atoms with Gasteiger partial charge in [-0.2, -0.15) is 0 Å². The summed E-state index contributed by atoms with van der Waals surface area (Å²) >= 11 is 0. The number of carbonyl (C=O) groups is 3. The van der Waals surface area contributed by atoms with Crippen molar-refractivity contribution in [2.24, 2.45) is 5.92 Å². The van der Waals surface area contributed by atoms with Crippen LogP contribution in [-0.2, 0) is 25.5 Å². The molecular weight excluding hydrogens is 367 g/mol. The Hall–Kier alpha value is -2.64. The van der Waals surface area contributed by atoms with Crippen LogP contribution in [0.2, 0.25) is 0 Å². The number of hydrogen-bond acceptors (Lipinski definition) is 5. The molecule has 0 saturated heterocycles. The highest BCUT2D eigenvalue weighted by Crippen LogP contribution is 2.11. The Kier molecular flexibility index (Phi) is 8.40. The summed E-state index contributed by atoms with van der Waals surface area (Å²) in [5, 5.41) is 5.13.